The highest BCUT2D eigenvalue weighted by Crippen LogP contribution is 2.20. The monoisotopic (exact) mass is 369 g/mol. The third kappa shape index (κ3) is 2.73. The smallest absolute Gasteiger partial charge is 0.274 e. The number of amides is 1. The molecule has 0 saturated carbocycles. The Kier molecular flexibility index (Phi) is 3.93. The number of carbonyl (C=O) groups is 1. The summed E-state index contributed by atoms with van der Waals surface area (Å²) in [7, 11) is -0.591. The fourth-order valence-corrected chi connectivity index (χ4v) is 4.29. The maximum Gasteiger partial charge on any atom is 0.274 e. The van der Waals surface area contributed by atoms with E-state index in [0.29, 0.717) is 22.6 Å². The van der Waals surface area contributed by atoms with Crippen molar-refractivity contribution in [3.05, 3.63) is 63.9 Å². The number of H-pyrrole nitrogens is 1. The molecule has 0 saturated heterocycles. The Hall–Kier alpha value is -2.51. The molecule has 1 aliphatic carbocycles. The molecule has 1 amide bonds. The summed E-state index contributed by atoms with van der Waals surface area (Å²) in [5.41, 5.74) is 3.90. The standard InChI is InChI=1S/C19H19N3O3S/c1-22(2)26(24,25)14-7-8-18-15(11-14)16(19(23)21-18)10-13-9-12-5-3-4-6-17(12)20-13/h3-4,7-9,11,20H,5-6,10H2,1-2H3. The van der Waals surface area contributed by atoms with Gasteiger partial charge in [0, 0.05) is 49.1 Å². The number of hydrogen-bond donors (Lipinski definition) is 1. The van der Waals surface area contributed by atoms with Crippen LogP contribution in [-0.2, 0) is 34.1 Å². The number of aromatic amines is 1. The lowest BCUT2D eigenvalue weighted by Crippen LogP contribution is -2.28. The Morgan fingerprint density at radius 3 is 2.65 bits per heavy atom. The molecule has 2 heterocycles. The maximum absolute atomic E-state index is 12.4. The van der Waals surface area contributed by atoms with Gasteiger partial charge >= 0.3 is 0 Å². The molecule has 0 spiro atoms. The summed E-state index contributed by atoms with van der Waals surface area (Å²) in [6.07, 6.45) is 6.43. The van der Waals surface area contributed by atoms with Gasteiger partial charge in [-0.1, -0.05) is 12.2 Å². The molecule has 26 heavy (non-hydrogen) atoms. The Morgan fingerprint density at radius 2 is 1.92 bits per heavy atom. The van der Waals surface area contributed by atoms with E-state index in [-0.39, 0.29) is 10.8 Å². The van der Waals surface area contributed by atoms with Crippen molar-refractivity contribution >= 4 is 21.5 Å². The molecule has 1 N–H and O–H groups in total. The van der Waals surface area contributed by atoms with Gasteiger partial charge in [0.25, 0.3) is 5.91 Å². The highest BCUT2D eigenvalue weighted by Gasteiger charge is 2.22. The first-order valence-corrected chi connectivity index (χ1v) is 9.84. The summed E-state index contributed by atoms with van der Waals surface area (Å²) in [6, 6.07) is 6.73. The van der Waals surface area contributed by atoms with Gasteiger partial charge in [-0.25, -0.2) is 17.7 Å². The van der Waals surface area contributed by atoms with Crippen LogP contribution in [0.2, 0.25) is 0 Å². The number of nitrogens with one attached hydrogen (secondary N) is 1. The van der Waals surface area contributed by atoms with Crippen molar-refractivity contribution < 1.29 is 13.2 Å². The van der Waals surface area contributed by atoms with Crippen molar-refractivity contribution in [1.82, 2.24) is 9.29 Å². The quantitative estimate of drug-likeness (QED) is 0.796. The Labute approximate surface area is 151 Å². The number of allylic oxidation sites excluding steroid dienone is 2. The van der Waals surface area contributed by atoms with Gasteiger partial charge in [0.1, 0.15) is 0 Å². The lowest BCUT2D eigenvalue weighted by Gasteiger charge is -2.10. The third-order valence-corrected chi connectivity index (χ3v) is 6.60. The number of aromatic nitrogens is 1. The number of benzene rings is 1. The SMILES string of the molecule is CN(C)S(=O)(=O)c1ccc2c(c1)=C(Cc1cc3c([nH]1)CC=CC3)C(=O)N=2. The first-order valence-electron chi connectivity index (χ1n) is 8.40. The summed E-state index contributed by atoms with van der Waals surface area (Å²) >= 11 is 0. The Bertz CT molecular complexity index is 1150. The van der Waals surface area contributed by atoms with Gasteiger partial charge in [-0.15, -0.1) is 0 Å². The van der Waals surface area contributed by atoms with Gasteiger partial charge < -0.3 is 4.98 Å². The van der Waals surface area contributed by atoms with Gasteiger partial charge in [-0.3, -0.25) is 4.79 Å². The first-order chi connectivity index (χ1) is 12.4. The van der Waals surface area contributed by atoms with Crippen LogP contribution >= 0.6 is 0 Å². The largest absolute Gasteiger partial charge is 0.361 e. The van der Waals surface area contributed by atoms with Crippen LogP contribution < -0.4 is 10.6 Å². The molecule has 6 nitrogen and oxygen atoms in total. The second kappa shape index (κ2) is 6.03. The summed E-state index contributed by atoms with van der Waals surface area (Å²) in [5, 5.41) is 1.13. The molecule has 0 atom stereocenters. The summed E-state index contributed by atoms with van der Waals surface area (Å²) in [5.74, 6) is -0.301. The highest BCUT2D eigenvalue weighted by molar-refractivity contribution is 7.89. The Morgan fingerprint density at radius 1 is 1.15 bits per heavy atom. The lowest BCUT2D eigenvalue weighted by atomic mass is 10.0. The minimum Gasteiger partial charge on any atom is -0.361 e. The number of hydrogen-bond acceptors (Lipinski definition) is 3. The highest BCUT2D eigenvalue weighted by atomic mass is 32.2. The van der Waals surface area contributed by atoms with Crippen LogP contribution in [0.5, 0.6) is 0 Å². The van der Waals surface area contributed by atoms with Crippen LogP contribution in [0.3, 0.4) is 0 Å². The third-order valence-electron chi connectivity index (χ3n) is 4.79. The van der Waals surface area contributed by atoms with Crippen molar-refractivity contribution in [2.24, 2.45) is 4.99 Å². The van der Waals surface area contributed by atoms with E-state index in [9.17, 15) is 13.2 Å². The molecular formula is C19H19N3O3S. The molecule has 1 aromatic carbocycles. The normalized spacial score (nSPS) is 16.0. The predicted molar refractivity (Wildman–Crippen MR) is 97.6 cm³/mol. The number of rotatable bonds is 4. The molecule has 0 bridgehead atoms. The molecule has 1 aromatic heterocycles. The fraction of sp³-hybridized carbons (Fsp3) is 0.263. The number of sulfonamides is 1. The molecule has 134 valence electrons. The number of nitrogens with zero attached hydrogens (tertiary/aromatic N) is 2. The van der Waals surface area contributed by atoms with E-state index in [1.807, 2.05) is 0 Å². The molecule has 2 aromatic rings. The molecule has 0 radical (unpaired) electrons. The van der Waals surface area contributed by atoms with E-state index in [4.69, 9.17) is 0 Å². The minimum absolute atomic E-state index is 0.165. The zero-order chi connectivity index (χ0) is 18.5. The first kappa shape index (κ1) is 16.9. The van der Waals surface area contributed by atoms with Crippen molar-refractivity contribution in [2.75, 3.05) is 14.1 Å². The van der Waals surface area contributed by atoms with E-state index in [2.05, 4.69) is 28.2 Å². The second-order valence-corrected chi connectivity index (χ2v) is 8.87. The molecule has 0 unspecified atom stereocenters. The number of fused-ring (bicyclic) bond motifs is 2. The van der Waals surface area contributed by atoms with Crippen molar-refractivity contribution in [3.8, 4) is 0 Å². The zero-order valence-corrected chi connectivity index (χ0v) is 15.4. The number of carbonyl (C=O) groups excluding carboxylic acids is 1. The summed E-state index contributed by atoms with van der Waals surface area (Å²) < 4.78 is 26.0. The van der Waals surface area contributed by atoms with Crippen LogP contribution in [0.4, 0.5) is 0 Å². The average Bonchev–Trinajstić information content (AvgIpc) is 3.15. The molecule has 0 fully saturated rings. The van der Waals surface area contributed by atoms with Crippen LogP contribution in [0.15, 0.2) is 46.3 Å². The van der Waals surface area contributed by atoms with Crippen LogP contribution in [-0.4, -0.2) is 37.7 Å². The van der Waals surface area contributed by atoms with Crippen molar-refractivity contribution in [3.63, 3.8) is 0 Å². The van der Waals surface area contributed by atoms with Gasteiger partial charge in [-0.05, 0) is 36.2 Å². The van der Waals surface area contributed by atoms with E-state index in [1.54, 1.807) is 12.1 Å². The van der Waals surface area contributed by atoms with Gasteiger partial charge in [0.2, 0.25) is 10.0 Å². The Balaban J connectivity index is 1.79. The summed E-state index contributed by atoms with van der Waals surface area (Å²) in [4.78, 5) is 20.0. The molecule has 2 aliphatic rings. The second-order valence-electron chi connectivity index (χ2n) is 6.72. The molecule has 7 heteroatoms. The zero-order valence-electron chi connectivity index (χ0n) is 14.6. The predicted octanol–water partition coefficient (Wildman–Crippen LogP) is 0.473. The fourth-order valence-electron chi connectivity index (χ4n) is 3.36. The van der Waals surface area contributed by atoms with Crippen LogP contribution in [0.25, 0.3) is 5.57 Å². The molecule has 1 aliphatic heterocycles. The molecule has 4 rings (SSSR count). The van der Waals surface area contributed by atoms with E-state index in [0.717, 1.165) is 22.8 Å². The lowest BCUT2D eigenvalue weighted by molar-refractivity contribution is -0.112. The van der Waals surface area contributed by atoms with Crippen molar-refractivity contribution in [1.29, 1.82) is 0 Å². The summed E-state index contributed by atoms with van der Waals surface area (Å²) in [6.45, 7) is 0. The topological polar surface area (TPSA) is 82.6 Å². The van der Waals surface area contributed by atoms with Crippen LogP contribution in [0, 0.1) is 0 Å². The van der Waals surface area contributed by atoms with Crippen LogP contribution in [0.1, 0.15) is 17.0 Å². The average molecular weight is 369 g/mol. The van der Waals surface area contributed by atoms with Gasteiger partial charge in [-0.2, -0.15) is 0 Å². The molecular weight excluding hydrogens is 350 g/mol. The maximum atomic E-state index is 12.4. The van der Waals surface area contributed by atoms with Gasteiger partial charge in [0.05, 0.1) is 10.3 Å². The minimum atomic E-state index is -3.56. The van der Waals surface area contributed by atoms with Gasteiger partial charge in [0.15, 0.2) is 0 Å². The van der Waals surface area contributed by atoms with E-state index in [1.165, 1.54) is 31.4 Å². The van der Waals surface area contributed by atoms with Crippen molar-refractivity contribution in [2.45, 2.75) is 24.2 Å². The van der Waals surface area contributed by atoms with E-state index < -0.39 is 10.0 Å². The van der Waals surface area contributed by atoms with E-state index >= 15 is 0 Å².